The van der Waals surface area contributed by atoms with Gasteiger partial charge in [-0.3, -0.25) is 4.79 Å². The third kappa shape index (κ3) is 2.37. The number of esters is 1. The SMILES string of the molecule is COC(=O)[C@@H]1CCC[C@]2(C)c3ccc(C(C)C)cc3CCC12. The van der Waals surface area contributed by atoms with E-state index in [4.69, 9.17) is 4.74 Å². The summed E-state index contributed by atoms with van der Waals surface area (Å²) in [5.74, 6) is 1.09. The lowest BCUT2D eigenvalue weighted by Gasteiger charge is -2.49. The Morgan fingerprint density at radius 3 is 2.77 bits per heavy atom. The van der Waals surface area contributed by atoms with E-state index >= 15 is 0 Å². The summed E-state index contributed by atoms with van der Waals surface area (Å²) in [4.78, 5) is 12.2. The number of benzene rings is 1. The van der Waals surface area contributed by atoms with Crippen LogP contribution in [0.5, 0.6) is 0 Å². The second-order valence-electron chi connectivity index (χ2n) is 7.66. The Bertz CT molecular complexity index is 575. The van der Waals surface area contributed by atoms with E-state index in [0.717, 1.165) is 25.7 Å². The molecule has 2 heteroatoms. The third-order valence-corrected chi connectivity index (χ3v) is 6.16. The number of carbonyl (C=O) groups is 1. The highest BCUT2D eigenvalue weighted by Crippen LogP contribution is 2.52. The topological polar surface area (TPSA) is 26.3 Å². The molecule has 2 aliphatic rings. The molecule has 0 spiro atoms. The number of methoxy groups -OCH3 is 1. The highest BCUT2D eigenvalue weighted by molar-refractivity contribution is 5.73. The number of hydrogen-bond donors (Lipinski definition) is 0. The van der Waals surface area contributed by atoms with E-state index in [1.807, 2.05) is 0 Å². The van der Waals surface area contributed by atoms with Gasteiger partial charge >= 0.3 is 5.97 Å². The Morgan fingerprint density at radius 1 is 1.32 bits per heavy atom. The minimum absolute atomic E-state index is 0.00169. The monoisotopic (exact) mass is 300 g/mol. The van der Waals surface area contributed by atoms with Crippen molar-refractivity contribution in [2.24, 2.45) is 11.8 Å². The van der Waals surface area contributed by atoms with Crippen molar-refractivity contribution in [2.45, 2.75) is 64.2 Å². The number of aryl methyl sites for hydroxylation is 1. The number of rotatable bonds is 2. The molecule has 0 aromatic heterocycles. The fourth-order valence-corrected chi connectivity index (χ4v) is 4.86. The van der Waals surface area contributed by atoms with Crippen LogP contribution in [0.1, 0.15) is 69.1 Å². The summed E-state index contributed by atoms with van der Waals surface area (Å²) in [5.41, 5.74) is 4.57. The molecule has 1 fully saturated rings. The summed E-state index contributed by atoms with van der Waals surface area (Å²) in [6.45, 7) is 6.88. The van der Waals surface area contributed by atoms with Gasteiger partial charge < -0.3 is 4.74 Å². The van der Waals surface area contributed by atoms with Crippen LogP contribution >= 0.6 is 0 Å². The van der Waals surface area contributed by atoms with Crippen molar-refractivity contribution in [2.75, 3.05) is 7.11 Å². The van der Waals surface area contributed by atoms with Gasteiger partial charge in [0, 0.05) is 0 Å². The first-order valence-corrected chi connectivity index (χ1v) is 8.68. The van der Waals surface area contributed by atoms with Crippen molar-refractivity contribution in [3.63, 3.8) is 0 Å². The smallest absolute Gasteiger partial charge is 0.308 e. The van der Waals surface area contributed by atoms with E-state index in [2.05, 4.69) is 39.0 Å². The zero-order valence-corrected chi connectivity index (χ0v) is 14.3. The zero-order chi connectivity index (χ0) is 15.9. The fourth-order valence-electron chi connectivity index (χ4n) is 4.86. The maximum Gasteiger partial charge on any atom is 0.308 e. The van der Waals surface area contributed by atoms with E-state index < -0.39 is 0 Å². The largest absolute Gasteiger partial charge is 0.469 e. The van der Waals surface area contributed by atoms with Crippen LogP contribution in [0.4, 0.5) is 0 Å². The van der Waals surface area contributed by atoms with Crippen molar-refractivity contribution in [3.8, 4) is 0 Å². The summed E-state index contributed by atoms with van der Waals surface area (Å²) in [5, 5.41) is 0. The van der Waals surface area contributed by atoms with Gasteiger partial charge in [0.25, 0.3) is 0 Å². The van der Waals surface area contributed by atoms with Gasteiger partial charge in [0.15, 0.2) is 0 Å². The Morgan fingerprint density at radius 2 is 2.09 bits per heavy atom. The lowest BCUT2D eigenvalue weighted by atomic mass is 9.54. The molecule has 3 atom stereocenters. The molecule has 1 unspecified atom stereocenters. The minimum Gasteiger partial charge on any atom is -0.469 e. The van der Waals surface area contributed by atoms with Gasteiger partial charge in [0.05, 0.1) is 13.0 Å². The first-order chi connectivity index (χ1) is 10.5. The van der Waals surface area contributed by atoms with Gasteiger partial charge in [-0.2, -0.15) is 0 Å². The van der Waals surface area contributed by atoms with Gasteiger partial charge in [-0.05, 0) is 59.6 Å². The average Bonchev–Trinajstić information content (AvgIpc) is 2.52. The van der Waals surface area contributed by atoms with Crippen molar-refractivity contribution in [3.05, 3.63) is 34.9 Å². The van der Waals surface area contributed by atoms with E-state index in [-0.39, 0.29) is 17.3 Å². The maximum absolute atomic E-state index is 12.2. The zero-order valence-electron chi connectivity index (χ0n) is 14.3. The van der Waals surface area contributed by atoms with Crippen molar-refractivity contribution < 1.29 is 9.53 Å². The summed E-state index contributed by atoms with van der Waals surface area (Å²) in [6.07, 6.45) is 5.53. The first kappa shape index (κ1) is 15.6. The van der Waals surface area contributed by atoms with E-state index in [1.165, 1.54) is 30.2 Å². The molecule has 2 nitrogen and oxygen atoms in total. The molecule has 3 rings (SSSR count). The molecule has 0 bridgehead atoms. The molecule has 1 aromatic carbocycles. The average molecular weight is 300 g/mol. The number of hydrogen-bond acceptors (Lipinski definition) is 2. The molecule has 0 radical (unpaired) electrons. The molecule has 120 valence electrons. The molecule has 2 aliphatic carbocycles. The van der Waals surface area contributed by atoms with Crippen LogP contribution in [0.25, 0.3) is 0 Å². The highest BCUT2D eigenvalue weighted by Gasteiger charge is 2.48. The molecule has 1 saturated carbocycles. The van der Waals surface area contributed by atoms with Crippen LogP contribution in [0.2, 0.25) is 0 Å². The standard InChI is InChI=1S/C20H28O2/c1-13(2)14-7-9-17-15(12-14)8-10-18-16(19(21)22-4)6-5-11-20(17,18)3/h7,9,12-13,16,18H,5-6,8,10-11H2,1-4H3/t16-,18?,20-/m1/s1. The minimum atomic E-state index is -0.00169. The number of ether oxygens (including phenoxy) is 1. The summed E-state index contributed by atoms with van der Waals surface area (Å²) in [6, 6.07) is 7.04. The van der Waals surface area contributed by atoms with Crippen LogP contribution < -0.4 is 0 Å². The fraction of sp³-hybridized carbons (Fsp3) is 0.650. The van der Waals surface area contributed by atoms with Crippen LogP contribution in [0, 0.1) is 11.8 Å². The van der Waals surface area contributed by atoms with Gasteiger partial charge in [-0.25, -0.2) is 0 Å². The number of carbonyl (C=O) groups excluding carboxylic acids is 1. The third-order valence-electron chi connectivity index (χ3n) is 6.16. The van der Waals surface area contributed by atoms with Crippen LogP contribution in [0.3, 0.4) is 0 Å². The Kier molecular flexibility index (Phi) is 4.05. The summed E-state index contributed by atoms with van der Waals surface area (Å²) in [7, 11) is 1.53. The molecule has 0 heterocycles. The van der Waals surface area contributed by atoms with Crippen molar-refractivity contribution >= 4 is 5.97 Å². The van der Waals surface area contributed by atoms with Gasteiger partial charge in [0.1, 0.15) is 0 Å². The molecule has 0 N–H and O–H groups in total. The molecular weight excluding hydrogens is 272 g/mol. The normalized spacial score (nSPS) is 30.6. The van der Waals surface area contributed by atoms with Crippen LogP contribution in [-0.4, -0.2) is 13.1 Å². The van der Waals surface area contributed by atoms with Crippen LogP contribution in [0.15, 0.2) is 18.2 Å². The first-order valence-electron chi connectivity index (χ1n) is 8.68. The molecule has 0 aliphatic heterocycles. The molecular formula is C20H28O2. The molecule has 0 saturated heterocycles. The summed E-state index contributed by atoms with van der Waals surface area (Å²) < 4.78 is 5.08. The lowest BCUT2D eigenvalue weighted by Crippen LogP contribution is -2.46. The van der Waals surface area contributed by atoms with Crippen molar-refractivity contribution in [1.82, 2.24) is 0 Å². The molecule has 22 heavy (non-hydrogen) atoms. The van der Waals surface area contributed by atoms with Gasteiger partial charge in [-0.1, -0.05) is 45.4 Å². The van der Waals surface area contributed by atoms with E-state index in [0.29, 0.717) is 11.8 Å². The molecule has 1 aromatic rings. The number of fused-ring (bicyclic) bond motifs is 3. The van der Waals surface area contributed by atoms with Gasteiger partial charge in [-0.15, -0.1) is 0 Å². The quantitative estimate of drug-likeness (QED) is 0.746. The van der Waals surface area contributed by atoms with E-state index in [1.54, 1.807) is 0 Å². The summed E-state index contributed by atoms with van der Waals surface area (Å²) >= 11 is 0. The lowest BCUT2D eigenvalue weighted by molar-refractivity contribution is -0.150. The van der Waals surface area contributed by atoms with Crippen LogP contribution in [-0.2, 0) is 21.4 Å². The highest BCUT2D eigenvalue weighted by atomic mass is 16.5. The second kappa shape index (κ2) is 5.72. The van der Waals surface area contributed by atoms with Gasteiger partial charge in [0.2, 0.25) is 0 Å². The Hall–Kier alpha value is -1.31. The second-order valence-corrected chi connectivity index (χ2v) is 7.66. The van der Waals surface area contributed by atoms with E-state index in [9.17, 15) is 4.79 Å². The Labute approximate surface area is 134 Å². The predicted octanol–water partition coefficient (Wildman–Crippen LogP) is 4.60. The van der Waals surface area contributed by atoms with Crippen molar-refractivity contribution in [1.29, 1.82) is 0 Å². The predicted molar refractivity (Wildman–Crippen MR) is 89.1 cm³/mol. The molecule has 0 amide bonds. The Balaban J connectivity index is 2.00. The maximum atomic E-state index is 12.2.